The first-order chi connectivity index (χ1) is 8.86. The maximum Gasteiger partial charge on any atom is 0.342 e. The molecular formula is C11H13N3O5. The minimum Gasteiger partial charge on any atom is -0.477 e. The SMILES string of the molecule is CNC(=O)CN(C)c1ccc([N+](=O)[O-])c(C(=O)O)c1. The van der Waals surface area contributed by atoms with E-state index in [2.05, 4.69) is 5.32 Å². The van der Waals surface area contributed by atoms with Crippen LogP contribution in [0, 0.1) is 10.1 Å². The van der Waals surface area contributed by atoms with Crippen molar-refractivity contribution in [2.45, 2.75) is 0 Å². The smallest absolute Gasteiger partial charge is 0.342 e. The van der Waals surface area contributed by atoms with E-state index in [1.165, 1.54) is 24.1 Å². The van der Waals surface area contributed by atoms with Gasteiger partial charge in [-0.3, -0.25) is 14.9 Å². The number of nitro groups is 1. The van der Waals surface area contributed by atoms with Crippen molar-refractivity contribution in [2.24, 2.45) is 0 Å². The van der Waals surface area contributed by atoms with Crippen molar-refractivity contribution in [2.75, 3.05) is 25.5 Å². The molecule has 0 saturated carbocycles. The van der Waals surface area contributed by atoms with Crippen molar-refractivity contribution in [3.63, 3.8) is 0 Å². The maximum atomic E-state index is 11.2. The molecule has 2 N–H and O–H groups in total. The Bertz CT molecular complexity index is 529. The number of carboxylic acids is 1. The van der Waals surface area contributed by atoms with Gasteiger partial charge in [0.2, 0.25) is 5.91 Å². The number of amides is 1. The Balaban J connectivity index is 3.11. The molecule has 0 heterocycles. The molecule has 8 heteroatoms. The van der Waals surface area contributed by atoms with Gasteiger partial charge < -0.3 is 15.3 Å². The minimum atomic E-state index is -1.39. The molecule has 19 heavy (non-hydrogen) atoms. The number of benzene rings is 1. The molecule has 0 radical (unpaired) electrons. The summed E-state index contributed by atoms with van der Waals surface area (Å²) in [5.41, 5.74) is -0.484. The van der Waals surface area contributed by atoms with Crippen molar-refractivity contribution in [1.29, 1.82) is 0 Å². The summed E-state index contributed by atoms with van der Waals surface area (Å²) in [7, 11) is 3.07. The van der Waals surface area contributed by atoms with Gasteiger partial charge in [0.05, 0.1) is 11.5 Å². The molecule has 0 saturated heterocycles. The van der Waals surface area contributed by atoms with Crippen LogP contribution in [0.3, 0.4) is 0 Å². The summed E-state index contributed by atoms with van der Waals surface area (Å²) in [5.74, 6) is -1.64. The highest BCUT2D eigenvalue weighted by atomic mass is 16.6. The van der Waals surface area contributed by atoms with E-state index in [0.717, 1.165) is 6.07 Å². The average Bonchev–Trinajstić information content (AvgIpc) is 2.37. The van der Waals surface area contributed by atoms with Crippen LogP contribution >= 0.6 is 0 Å². The number of hydrogen-bond donors (Lipinski definition) is 2. The monoisotopic (exact) mass is 267 g/mol. The van der Waals surface area contributed by atoms with Crippen molar-refractivity contribution in [3.05, 3.63) is 33.9 Å². The number of nitro benzene ring substituents is 1. The second kappa shape index (κ2) is 5.80. The summed E-state index contributed by atoms with van der Waals surface area (Å²) in [5, 5.41) is 22.1. The minimum absolute atomic E-state index is 0.0212. The molecule has 1 aromatic carbocycles. The van der Waals surface area contributed by atoms with Crippen LogP contribution in [-0.4, -0.2) is 42.5 Å². The lowest BCUT2D eigenvalue weighted by Crippen LogP contribution is -2.33. The Hall–Kier alpha value is -2.64. The number of nitrogens with zero attached hydrogens (tertiary/aromatic N) is 2. The highest BCUT2D eigenvalue weighted by Gasteiger charge is 2.21. The summed E-state index contributed by atoms with van der Waals surface area (Å²) in [4.78, 5) is 33.6. The number of carbonyl (C=O) groups excluding carboxylic acids is 1. The van der Waals surface area contributed by atoms with E-state index >= 15 is 0 Å². The Morgan fingerprint density at radius 3 is 2.58 bits per heavy atom. The van der Waals surface area contributed by atoms with E-state index < -0.39 is 22.1 Å². The zero-order chi connectivity index (χ0) is 14.6. The quantitative estimate of drug-likeness (QED) is 0.592. The summed E-state index contributed by atoms with van der Waals surface area (Å²) in [6.45, 7) is 0.0212. The number of hydrogen-bond acceptors (Lipinski definition) is 5. The van der Waals surface area contributed by atoms with Crippen molar-refractivity contribution in [1.82, 2.24) is 5.32 Å². The molecule has 102 valence electrons. The van der Waals surface area contributed by atoms with Gasteiger partial charge in [-0.05, 0) is 12.1 Å². The van der Waals surface area contributed by atoms with E-state index in [1.807, 2.05) is 0 Å². The number of nitrogens with one attached hydrogen (secondary N) is 1. The first kappa shape index (κ1) is 14.4. The van der Waals surface area contributed by atoms with Gasteiger partial charge in [-0.15, -0.1) is 0 Å². The predicted octanol–water partition coefficient (Wildman–Crippen LogP) is 0.475. The molecule has 1 aromatic rings. The Labute approximate surface area is 108 Å². The Kier molecular flexibility index (Phi) is 4.41. The molecule has 0 spiro atoms. The number of likely N-dealkylation sites (N-methyl/N-ethyl adjacent to an activating group) is 2. The van der Waals surface area contributed by atoms with Crippen LogP contribution in [0.5, 0.6) is 0 Å². The highest BCUT2D eigenvalue weighted by molar-refractivity contribution is 5.94. The van der Waals surface area contributed by atoms with E-state index in [4.69, 9.17) is 5.11 Å². The summed E-state index contributed by atoms with van der Waals surface area (Å²) >= 11 is 0. The van der Waals surface area contributed by atoms with Gasteiger partial charge in [0.25, 0.3) is 5.69 Å². The van der Waals surface area contributed by atoms with Gasteiger partial charge in [-0.25, -0.2) is 4.79 Å². The number of carbonyl (C=O) groups is 2. The van der Waals surface area contributed by atoms with Gasteiger partial charge in [-0.2, -0.15) is 0 Å². The third kappa shape index (κ3) is 3.41. The van der Waals surface area contributed by atoms with Crippen LogP contribution in [0.15, 0.2) is 18.2 Å². The Morgan fingerprint density at radius 1 is 1.47 bits per heavy atom. The third-order valence-electron chi connectivity index (χ3n) is 2.51. The van der Waals surface area contributed by atoms with Crippen LogP contribution in [0.2, 0.25) is 0 Å². The molecule has 1 rings (SSSR count). The topological polar surface area (TPSA) is 113 Å². The second-order valence-corrected chi connectivity index (χ2v) is 3.79. The zero-order valence-corrected chi connectivity index (χ0v) is 10.4. The predicted molar refractivity (Wildman–Crippen MR) is 67.4 cm³/mol. The van der Waals surface area contributed by atoms with Crippen LogP contribution in [0.1, 0.15) is 10.4 Å². The Morgan fingerprint density at radius 2 is 2.11 bits per heavy atom. The molecule has 0 unspecified atom stereocenters. The van der Waals surface area contributed by atoms with Gasteiger partial charge in [0.1, 0.15) is 5.56 Å². The molecule has 0 aliphatic rings. The number of aromatic carboxylic acids is 1. The first-order valence-corrected chi connectivity index (χ1v) is 5.30. The standard InChI is InChI=1S/C11H13N3O5/c1-12-10(15)6-13(2)7-3-4-9(14(18)19)8(5-7)11(16)17/h3-5H,6H2,1-2H3,(H,12,15)(H,16,17). The zero-order valence-electron chi connectivity index (χ0n) is 10.4. The van der Waals surface area contributed by atoms with Crippen LogP contribution in [0.4, 0.5) is 11.4 Å². The van der Waals surface area contributed by atoms with Gasteiger partial charge in [0.15, 0.2) is 0 Å². The summed E-state index contributed by atoms with van der Waals surface area (Å²) in [6, 6.07) is 3.68. The van der Waals surface area contributed by atoms with Crippen molar-refractivity contribution in [3.8, 4) is 0 Å². The average molecular weight is 267 g/mol. The first-order valence-electron chi connectivity index (χ1n) is 5.30. The number of rotatable bonds is 5. The fraction of sp³-hybridized carbons (Fsp3) is 0.273. The van der Waals surface area contributed by atoms with E-state index in [0.29, 0.717) is 5.69 Å². The molecule has 0 fully saturated rings. The fourth-order valence-corrected chi connectivity index (χ4v) is 1.48. The van der Waals surface area contributed by atoms with Gasteiger partial charge in [0, 0.05) is 25.8 Å². The lowest BCUT2D eigenvalue weighted by atomic mass is 10.1. The molecule has 1 amide bonds. The van der Waals surface area contributed by atoms with Crippen LogP contribution in [-0.2, 0) is 4.79 Å². The van der Waals surface area contributed by atoms with Crippen LogP contribution in [0.25, 0.3) is 0 Å². The summed E-state index contributed by atoms with van der Waals surface area (Å²) in [6.07, 6.45) is 0. The normalized spacial score (nSPS) is 9.79. The van der Waals surface area contributed by atoms with E-state index in [-0.39, 0.29) is 12.5 Å². The molecule has 0 atom stereocenters. The lowest BCUT2D eigenvalue weighted by Gasteiger charge is -2.18. The highest BCUT2D eigenvalue weighted by Crippen LogP contribution is 2.24. The molecule has 0 aromatic heterocycles. The van der Waals surface area contributed by atoms with Gasteiger partial charge >= 0.3 is 5.97 Å². The molecule has 0 bridgehead atoms. The van der Waals surface area contributed by atoms with Crippen LogP contribution < -0.4 is 10.2 Å². The van der Waals surface area contributed by atoms with E-state index in [9.17, 15) is 19.7 Å². The lowest BCUT2D eigenvalue weighted by molar-refractivity contribution is -0.385. The summed E-state index contributed by atoms with van der Waals surface area (Å²) < 4.78 is 0. The van der Waals surface area contributed by atoms with Crippen molar-refractivity contribution >= 4 is 23.3 Å². The molecule has 0 aliphatic carbocycles. The third-order valence-corrected chi connectivity index (χ3v) is 2.51. The number of anilines is 1. The molecule has 8 nitrogen and oxygen atoms in total. The second-order valence-electron chi connectivity index (χ2n) is 3.79. The largest absolute Gasteiger partial charge is 0.477 e. The van der Waals surface area contributed by atoms with Gasteiger partial charge in [-0.1, -0.05) is 0 Å². The maximum absolute atomic E-state index is 11.2. The molecular weight excluding hydrogens is 254 g/mol. The van der Waals surface area contributed by atoms with Crippen molar-refractivity contribution < 1.29 is 19.6 Å². The fourth-order valence-electron chi connectivity index (χ4n) is 1.48. The molecule has 0 aliphatic heterocycles. The number of carboxylic acid groups (broad SMARTS) is 1. The van der Waals surface area contributed by atoms with E-state index in [1.54, 1.807) is 7.05 Å².